The first-order chi connectivity index (χ1) is 17.3. The number of nitrogens with zero attached hydrogens (tertiary/aromatic N) is 4. The van der Waals surface area contributed by atoms with Gasteiger partial charge in [0.2, 0.25) is 5.95 Å². The lowest BCUT2D eigenvalue weighted by Crippen LogP contribution is -2.15. The van der Waals surface area contributed by atoms with Gasteiger partial charge in [0.25, 0.3) is 5.91 Å². The number of aromatic nitrogens is 4. The number of pyridine rings is 1. The monoisotopic (exact) mass is 521 g/mol. The lowest BCUT2D eigenvalue weighted by atomic mass is 10.1. The third-order valence-corrected chi connectivity index (χ3v) is 5.14. The predicted octanol–water partition coefficient (Wildman–Crippen LogP) is 5.67. The van der Waals surface area contributed by atoms with E-state index in [4.69, 9.17) is 5.73 Å². The third kappa shape index (κ3) is 5.50. The standard InChI is InChI=1S/C24H14F7N5O/c25-19-17(2-1-11-33-19)18(20(32)37)12-36-22(14-5-9-16(10-6-14)24(29,30)31)34-21(35-36)13-3-7-15(8-4-13)23(26,27)28/h1-12H,(H2,32,37)/b18-12-. The van der Waals surface area contributed by atoms with Gasteiger partial charge in [0, 0.05) is 29.1 Å². The van der Waals surface area contributed by atoms with Gasteiger partial charge in [0.1, 0.15) is 0 Å². The summed E-state index contributed by atoms with van der Waals surface area (Å²) in [5.41, 5.74) is 3.17. The van der Waals surface area contributed by atoms with E-state index in [-0.39, 0.29) is 33.9 Å². The van der Waals surface area contributed by atoms with Crippen molar-refractivity contribution >= 4 is 17.7 Å². The maximum atomic E-state index is 14.3. The number of hydrogen-bond donors (Lipinski definition) is 1. The average molecular weight is 521 g/mol. The minimum Gasteiger partial charge on any atom is -0.366 e. The number of alkyl halides is 6. The van der Waals surface area contributed by atoms with Crippen LogP contribution >= 0.6 is 0 Å². The quantitative estimate of drug-likeness (QED) is 0.208. The fourth-order valence-electron chi connectivity index (χ4n) is 3.32. The highest BCUT2D eigenvalue weighted by molar-refractivity contribution is 6.22. The van der Waals surface area contributed by atoms with E-state index in [1.165, 1.54) is 12.1 Å². The van der Waals surface area contributed by atoms with E-state index < -0.39 is 35.3 Å². The van der Waals surface area contributed by atoms with E-state index in [2.05, 4.69) is 15.1 Å². The fraction of sp³-hybridized carbons (Fsp3) is 0.0833. The summed E-state index contributed by atoms with van der Waals surface area (Å²) in [6.45, 7) is 0. The number of benzene rings is 2. The highest BCUT2D eigenvalue weighted by Gasteiger charge is 2.31. The molecule has 0 saturated carbocycles. The Labute approximate surface area is 203 Å². The molecular formula is C24H14F7N5O. The van der Waals surface area contributed by atoms with Crippen molar-refractivity contribution in [2.45, 2.75) is 12.4 Å². The molecular weight excluding hydrogens is 507 g/mol. The van der Waals surface area contributed by atoms with Gasteiger partial charge in [-0.2, -0.15) is 30.7 Å². The molecule has 0 saturated heterocycles. The molecule has 0 radical (unpaired) electrons. The van der Waals surface area contributed by atoms with E-state index in [0.29, 0.717) is 0 Å². The van der Waals surface area contributed by atoms with Crippen LogP contribution in [0.5, 0.6) is 0 Å². The van der Waals surface area contributed by atoms with Crippen molar-refractivity contribution in [2.24, 2.45) is 5.73 Å². The van der Waals surface area contributed by atoms with Crippen molar-refractivity contribution in [3.05, 3.63) is 89.5 Å². The van der Waals surface area contributed by atoms with Crippen LogP contribution in [0.2, 0.25) is 0 Å². The number of carbonyl (C=O) groups is 1. The van der Waals surface area contributed by atoms with E-state index >= 15 is 0 Å². The van der Waals surface area contributed by atoms with Gasteiger partial charge in [-0.3, -0.25) is 4.79 Å². The van der Waals surface area contributed by atoms with E-state index in [1.807, 2.05) is 0 Å². The number of carbonyl (C=O) groups excluding carboxylic acids is 1. The van der Waals surface area contributed by atoms with Crippen molar-refractivity contribution in [1.29, 1.82) is 0 Å². The zero-order valence-corrected chi connectivity index (χ0v) is 18.3. The molecule has 37 heavy (non-hydrogen) atoms. The molecule has 4 rings (SSSR count). The summed E-state index contributed by atoms with van der Waals surface area (Å²) in [7, 11) is 0. The van der Waals surface area contributed by atoms with Gasteiger partial charge in [-0.25, -0.2) is 14.6 Å². The molecule has 2 aromatic carbocycles. The van der Waals surface area contributed by atoms with Crippen LogP contribution in [-0.2, 0) is 17.1 Å². The van der Waals surface area contributed by atoms with Crippen LogP contribution in [0.25, 0.3) is 34.5 Å². The fourth-order valence-corrected chi connectivity index (χ4v) is 3.32. The Bertz CT molecular complexity index is 1470. The SMILES string of the molecule is NC(=O)/C(=C\n1nc(-c2ccc(C(F)(F)F)cc2)nc1-c1ccc(C(F)(F)F)cc1)c1cccnc1F. The molecule has 4 aromatic rings. The summed E-state index contributed by atoms with van der Waals surface area (Å²) in [6, 6.07) is 10.2. The Balaban J connectivity index is 1.88. The van der Waals surface area contributed by atoms with Crippen molar-refractivity contribution in [1.82, 2.24) is 19.7 Å². The van der Waals surface area contributed by atoms with Crippen LogP contribution in [0.15, 0.2) is 66.9 Å². The summed E-state index contributed by atoms with van der Waals surface area (Å²) in [5.74, 6) is -2.30. The van der Waals surface area contributed by atoms with Crippen LogP contribution in [0.1, 0.15) is 16.7 Å². The Kier molecular flexibility index (Phi) is 6.55. The molecule has 0 bridgehead atoms. The highest BCUT2D eigenvalue weighted by Crippen LogP contribution is 2.33. The van der Waals surface area contributed by atoms with Gasteiger partial charge in [0.05, 0.1) is 16.7 Å². The van der Waals surface area contributed by atoms with E-state index in [1.54, 1.807) is 0 Å². The van der Waals surface area contributed by atoms with Crippen molar-refractivity contribution < 1.29 is 35.5 Å². The normalized spacial score (nSPS) is 12.6. The molecule has 0 unspecified atom stereocenters. The summed E-state index contributed by atoms with van der Waals surface area (Å²) < 4.78 is 93.1. The zero-order valence-electron chi connectivity index (χ0n) is 18.3. The van der Waals surface area contributed by atoms with Gasteiger partial charge >= 0.3 is 12.4 Å². The smallest absolute Gasteiger partial charge is 0.366 e. The molecule has 0 atom stereocenters. The largest absolute Gasteiger partial charge is 0.416 e. The Morgan fingerprint density at radius 3 is 1.86 bits per heavy atom. The number of rotatable bonds is 5. The first-order valence-electron chi connectivity index (χ1n) is 10.3. The molecule has 0 spiro atoms. The predicted molar refractivity (Wildman–Crippen MR) is 118 cm³/mol. The third-order valence-electron chi connectivity index (χ3n) is 5.14. The van der Waals surface area contributed by atoms with Crippen LogP contribution in [0.3, 0.4) is 0 Å². The lowest BCUT2D eigenvalue weighted by Gasteiger charge is -2.08. The Morgan fingerprint density at radius 2 is 1.38 bits per heavy atom. The van der Waals surface area contributed by atoms with Gasteiger partial charge in [0.15, 0.2) is 11.6 Å². The van der Waals surface area contributed by atoms with Gasteiger partial charge < -0.3 is 5.73 Å². The van der Waals surface area contributed by atoms with Gasteiger partial charge in [-0.1, -0.05) is 24.3 Å². The molecule has 2 heterocycles. The maximum Gasteiger partial charge on any atom is 0.416 e. The second-order valence-corrected chi connectivity index (χ2v) is 7.60. The molecule has 0 aliphatic carbocycles. The zero-order chi connectivity index (χ0) is 27.0. The van der Waals surface area contributed by atoms with Crippen LogP contribution in [0.4, 0.5) is 30.7 Å². The summed E-state index contributed by atoms with van der Waals surface area (Å²) in [4.78, 5) is 19.8. The second-order valence-electron chi connectivity index (χ2n) is 7.60. The first kappa shape index (κ1) is 25.5. The van der Waals surface area contributed by atoms with Gasteiger partial charge in [-0.15, -0.1) is 5.10 Å². The molecule has 0 fully saturated rings. The van der Waals surface area contributed by atoms with E-state index in [0.717, 1.165) is 65.6 Å². The number of halogens is 7. The molecule has 2 aromatic heterocycles. The lowest BCUT2D eigenvalue weighted by molar-refractivity contribution is -0.138. The van der Waals surface area contributed by atoms with Crippen molar-refractivity contribution in [3.8, 4) is 22.8 Å². The van der Waals surface area contributed by atoms with Crippen LogP contribution < -0.4 is 5.73 Å². The van der Waals surface area contributed by atoms with Crippen LogP contribution in [0, 0.1) is 5.95 Å². The molecule has 2 N–H and O–H groups in total. The maximum absolute atomic E-state index is 14.3. The molecule has 1 amide bonds. The summed E-state index contributed by atoms with van der Waals surface area (Å²) in [6.07, 6.45) is -7.03. The Morgan fingerprint density at radius 1 is 0.838 bits per heavy atom. The molecule has 6 nitrogen and oxygen atoms in total. The summed E-state index contributed by atoms with van der Waals surface area (Å²) >= 11 is 0. The first-order valence-corrected chi connectivity index (χ1v) is 10.3. The van der Waals surface area contributed by atoms with Crippen molar-refractivity contribution in [3.63, 3.8) is 0 Å². The number of nitrogens with two attached hydrogens (primary N) is 1. The minimum absolute atomic E-state index is 0.0910. The Hall–Kier alpha value is -4.55. The number of primary amides is 1. The molecule has 13 heteroatoms. The van der Waals surface area contributed by atoms with E-state index in [9.17, 15) is 35.5 Å². The number of amides is 1. The van der Waals surface area contributed by atoms with Crippen LogP contribution in [-0.4, -0.2) is 25.7 Å². The minimum atomic E-state index is -4.60. The molecule has 0 aliphatic heterocycles. The van der Waals surface area contributed by atoms with Gasteiger partial charge in [-0.05, 0) is 36.4 Å². The topological polar surface area (TPSA) is 86.7 Å². The number of hydrogen-bond acceptors (Lipinski definition) is 4. The van der Waals surface area contributed by atoms with Crippen molar-refractivity contribution in [2.75, 3.05) is 0 Å². The summed E-state index contributed by atoms with van der Waals surface area (Å²) in [5, 5.41) is 4.17. The highest BCUT2D eigenvalue weighted by atomic mass is 19.4. The average Bonchev–Trinajstić information content (AvgIpc) is 3.26. The molecule has 190 valence electrons. The second kappa shape index (κ2) is 9.48. The molecule has 0 aliphatic rings.